The number of amides is 1. The van der Waals surface area contributed by atoms with Gasteiger partial charge in [-0.05, 0) is 18.4 Å². The van der Waals surface area contributed by atoms with Crippen LogP contribution in [0.1, 0.15) is 44.1 Å². The van der Waals surface area contributed by atoms with Crippen LogP contribution in [0.15, 0.2) is 35.4 Å². The highest BCUT2D eigenvalue weighted by atomic mass is 16.1. The summed E-state index contributed by atoms with van der Waals surface area (Å²) in [6.45, 7) is 2.89. The van der Waals surface area contributed by atoms with Gasteiger partial charge in [0.15, 0.2) is 0 Å². The van der Waals surface area contributed by atoms with Crippen LogP contribution < -0.4 is 0 Å². The van der Waals surface area contributed by atoms with Gasteiger partial charge in [-0.25, -0.2) is 5.01 Å². The molecular formula is C15H20N2O. The molecule has 1 aliphatic rings. The fraction of sp³-hybridized carbons (Fsp3) is 0.467. The largest absolute Gasteiger partial charge is 0.277 e. The molecule has 0 aliphatic carbocycles. The minimum absolute atomic E-state index is 0.285. The quantitative estimate of drug-likeness (QED) is 0.559. The maximum absolute atomic E-state index is 10.9. The number of nitrogens with zero attached hydrogens (tertiary/aromatic N) is 2. The second-order valence-electron chi connectivity index (χ2n) is 4.74. The highest BCUT2D eigenvalue weighted by Crippen LogP contribution is 2.26. The Kier molecular flexibility index (Phi) is 4.51. The molecule has 2 rings (SSSR count). The van der Waals surface area contributed by atoms with Crippen molar-refractivity contribution in [3.05, 3.63) is 35.9 Å². The number of carbonyl (C=O) groups is 1. The molecular weight excluding hydrogens is 224 g/mol. The van der Waals surface area contributed by atoms with Gasteiger partial charge in [0.25, 0.3) is 0 Å². The first-order chi connectivity index (χ1) is 8.85. The summed E-state index contributed by atoms with van der Waals surface area (Å²) in [7, 11) is 0. The van der Waals surface area contributed by atoms with Crippen molar-refractivity contribution in [2.24, 2.45) is 5.10 Å². The van der Waals surface area contributed by atoms with Crippen molar-refractivity contribution in [3.63, 3.8) is 0 Å². The van der Waals surface area contributed by atoms with Crippen LogP contribution in [0.3, 0.4) is 0 Å². The molecule has 18 heavy (non-hydrogen) atoms. The Morgan fingerprint density at radius 2 is 2.11 bits per heavy atom. The highest BCUT2D eigenvalue weighted by molar-refractivity contribution is 5.93. The highest BCUT2D eigenvalue weighted by Gasteiger charge is 2.26. The van der Waals surface area contributed by atoms with E-state index in [0.29, 0.717) is 6.54 Å². The van der Waals surface area contributed by atoms with E-state index in [4.69, 9.17) is 0 Å². The molecule has 1 aromatic carbocycles. The van der Waals surface area contributed by atoms with Crippen molar-refractivity contribution >= 4 is 12.1 Å². The van der Waals surface area contributed by atoms with Gasteiger partial charge in [-0.15, -0.1) is 0 Å². The Morgan fingerprint density at radius 1 is 1.33 bits per heavy atom. The van der Waals surface area contributed by atoms with E-state index in [1.165, 1.54) is 23.4 Å². The van der Waals surface area contributed by atoms with E-state index >= 15 is 0 Å². The molecule has 3 heteroatoms. The van der Waals surface area contributed by atoms with Crippen molar-refractivity contribution < 1.29 is 4.79 Å². The number of hydrazone groups is 1. The lowest BCUT2D eigenvalue weighted by atomic mass is 9.92. The van der Waals surface area contributed by atoms with Gasteiger partial charge >= 0.3 is 0 Å². The summed E-state index contributed by atoms with van der Waals surface area (Å²) in [5.41, 5.74) is 2.42. The molecule has 1 aromatic rings. The lowest BCUT2D eigenvalue weighted by molar-refractivity contribution is -0.117. The van der Waals surface area contributed by atoms with E-state index in [-0.39, 0.29) is 5.92 Å². The summed E-state index contributed by atoms with van der Waals surface area (Å²) in [5.74, 6) is 0.285. The smallest absolute Gasteiger partial charge is 0.229 e. The molecule has 1 atom stereocenters. The van der Waals surface area contributed by atoms with Crippen LogP contribution in [-0.2, 0) is 4.79 Å². The van der Waals surface area contributed by atoms with Crippen molar-refractivity contribution in [2.45, 2.75) is 38.5 Å². The third kappa shape index (κ3) is 2.97. The molecule has 0 saturated heterocycles. The third-order valence-corrected chi connectivity index (χ3v) is 3.39. The van der Waals surface area contributed by atoms with Crippen molar-refractivity contribution in [1.82, 2.24) is 5.01 Å². The molecule has 0 fully saturated rings. The normalized spacial score (nSPS) is 18.8. The topological polar surface area (TPSA) is 32.7 Å². The fourth-order valence-electron chi connectivity index (χ4n) is 2.40. The van der Waals surface area contributed by atoms with Gasteiger partial charge in [0, 0.05) is 11.6 Å². The molecule has 0 aromatic heterocycles. The summed E-state index contributed by atoms with van der Waals surface area (Å²) >= 11 is 0. The molecule has 1 amide bonds. The van der Waals surface area contributed by atoms with Gasteiger partial charge in [0.2, 0.25) is 6.41 Å². The van der Waals surface area contributed by atoms with Crippen LogP contribution in [0.5, 0.6) is 0 Å². The van der Waals surface area contributed by atoms with Gasteiger partial charge in [0.05, 0.1) is 6.54 Å². The Bertz CT molecular complexity index is 414. The van der Waals surface area contributed by atoms with E-state index in [1.807, 2.05) is 18.2 Å². The number of carbonyl (C=O) groups excluding carboxylic acids is 1. The summed E-state index contributed by atoms with van der Waals surface area (Å²) in [6.07, 6.45) is 5.41. The zero-order valence-corrected chi connectivity index (χ0v) is 10.9. The predicted molar refractivity (Wildman–Crippen MR) is 73.5 cm³/mol. The van der Waals surface area contributed by atoms with Crippen LogP contribution in [0.2, 0.25) is 0 Å². The van der Waals surface area contributed by atoms with Gasteiger partial charge in [-0.2, -0.15) is 5.10 Å². The Labute approximate surface area is 108 Å². The number of unbranched alkanes of at least 4 members (excludes halogenated alkanes) is 2. The molecule has 0 N–H and O–H groups in total. The monoisotopic (exact) mass is 244 g/mol. The molecule has 0 saturated carbocycles. The maximum atomic E-state index is 10.9. The van der Waals surface area contributed by atoms with E-state index in [9.17, 15) is 4.79 Å². The van der Waals surface area contributed by atoms with E-state index < -0.39 is 0 Å². The Morgan fingerprint density at radius 3 is 2.78 bits per heavy atom. The molecule has 3 nitrogen and oxygen atoms in total. The van der Waals surface area contributed by atoms with Gasteiger partial charge in [0.1, 0.15) is 0 Å². The van der Waals surface area contributed by atoms with Crippen LogP contribution in [0, 0.1) is 0 Å². The van der Waals surface area contributed by atoms with Gasteiger partial charge < -0.3 is 0 Å². The molecule has 0 bridgehead atoms. The Balaban J connectivity index is 2.09. The molecule has 1 heterocycles. The second kappa shape index (κ2) is 6.34. The summed E-state index contributed by atoms with van der Waals surface area (Å²) in [5, 5.41) is 5.94. The predicted octanol–water partition coefficient (Wildman–Crippen LogP) is 3.18. The number of rotatable bonds is 6. The van der Waals surface area contributed by atoms with E-state index in [1.54, 1.807) is 0 Å². The second-order valence-corrected chi connectivity index (χ2v) is 4.74. The van der Waals surface area contributed by atoms with E-state index in [0.717, 1.165) is 25.0 Å². The summed E-state index contributed by atoms with van der Waals surface area (Å²) in [4.78, 5) is 10.9. The molecule has 1 unspecified atom stereocenters. The maximum Gasteiger partial charge on any atom is 0.229 e. The average molecular weight is 244 g/mol. The minimum Gasteiger partial charge on any atom is -0.277 e. The summed E-state index contributed by atoms with van der Waals surface area (Å²) in [6, 6.07) is 10.3. The molecule has 96 valence electrons. The van der Waals surface area contributed by atoms with Crippen LogP contribution >= 0.6 is 0 Å². The van der Waals surface area contributed by atoms with Crippen LogP contribution in [0.25, 0.3) is 0 Å². The van der Waals surface area contributed by atoms with E-state index in [2.05, 4.69) is 24.2 Å². The number of benzene rings is 1. The first kappa shape index (κ1) is 12.8. The first-order valence-electron chi connectivity index (χ1n) is 6.69. The summed E-state index contributed by atoms with van der Waals surface area (Å²) < 4.78 is 0. The SMILES string of the molecule is CCCCCC1=NN(C=O)CC1c1ccccc1. The average Bonchev–Trinajstić information content (AvgIpc) is 2.83. The number of hydrogen-bond donors (Lipinski definition) is 0. The van der Waals surface area contributed by atoms with Crippen LogP contribution in [-0.4, -0.2) is 23.7 Å². The van der Waals surface area contributed by atoms with Crippen molar-refractivity contribution in [2.75, 3.05) is 6.54 Å². The molecule has 0 spiro atoms. The minimum atomic E-state index is 0.285. The third-order valence-electron chi connectivity index (χ3n) is 3.39. The van der Waals surface area contributed by atoms with Gasteiger partial charge in [-0.1, -0.05) is 50.1 Å². The first-order valence-corrected chi connectivity index (χ1v) is 6.69. The molecule has 1 aliphatic heterocycles. The molecule has 0 radical (unpaired) electrons. The Hall–Kier alpha value is -1.64. The van der Waals surface area contributed by atoms with Gasteiger partial charge in [-0.3, -0.25) is 4.79 Å². The number of hydrogen-bond acceptors (Lipinski definition) is 2. The van der Waals surface area contributed by atoms with Crippen LogP contribution in [0.4, 0.5) is 0 Å². The lowest BCUT2D eigenvalue weighted by Crippen LogP contribution is -2.17. The van der Waals surface area contributed by atoms with Crippen molar-refractivity contribution in [1.29, 1.82) is 0 Å². The lowest BCUT2D eigenvalue weighted by Gasteiger charge is -2.12. The zero-order valence-electron chi connectivity index (χ0n) is 10.9. The van der Waals surface area contributed by atoms with Crippen molar-refractivity contribution in [3.8, 4) is 0 Å². The zero-order chi connectivity index (χ0) is 12.8. The fourth-order valence-corrected chi connectivity index (χ4v) is 2.40. The standard InChI is InChI=1S/C15H20N2O/c1-2-3-5-10-15-14(11-17(12-18)16-15)13-8-6-4-7-9-13/h4,6-9,12,14H,2-3,5,10-11H2,1H3.